The zero-order valence-electron chi connectivity index (χ0n) is 17.2. The molecule has 0 saturated carbocycles. The van der Waals surface area contributed by atoms with Gasteiger partial charge in [0, 0.05) is 71.1 Å². The number of piperazine rings is 1. The Kier molecular flexibility index (Phi) is 9.06. The minimum atomic E-state index is 0.245. The van der Waals surface area contributed by atoms with E-state index in [1.54, 1.807) is 0 Å². The van der Waals surface area contributed by atoms with Crippen LogP contribution >= 0.6 is 0 Å². The van der Waals surface area contributed by atoms with Gasteiger partial charge < -0.3 is 9.80 Å². The third-order valence-corrected chi connectivity index (χ3v) is 6.35. The van der Waals surface area contributed by atoms with Crippen LogP contribution in [0.2, 0.25) is 0 Å². The van der Waals surface area contributed by atoms with E-state index < -0.39 is 0 Å². The van der Waals surface area contributed by atoms with Crippen LogP contribution in [0.3, 0.4) is 0 Å². The van der Waals surface area contributed by atoms with Crippen molar-refractivity contribution in [1.82, 2.24) is 14.7 Å². The lowest BCUT2D eigenvalue weighted by Gasteiger charge is -2.40. The average molecular weight is 366 g/mol. The van der Waals surface area contributed by atoms with Gasteiger partial charge in [-0.25, -0.2) is 0 Å². The lowest BCUT2D eigenvalue weighted by atomic mass is 9.95. The molecular formula is C21H39N3O2. The molecule has 5 heteroatoms. The Morgan fingerprint density at radius 2 is 1.62 bits per heavy atom. The van der Waals surface area contributed by atoms with Crippen molar-refractivity contribution < 1.29 is 9.59 Å². The quantitative estimate of drug-likeness (QED) is 0.630. The summed E-state index contributed by atoms with van der Waals surface area (Å²) < 4.78 is 0. The largest absolute Gasteiger partial charge is 0.343 e. The molecule has 1 amide bonds. The van der Waals surface area contributed by atoms with E-state index in [0.29, 0.717) is 31.7 Å². The maximum Gasteiger partial charge on any atom is 0.222 e. The number of nitrogens with zero attached hydrogens (tertiary/aromatic N) is 3. The molecule has 150 valence electrons. The molecule has 0 aliphatic carbocycles. The maximum atomic E-state index is 12.3. The molecule has 1 atom stereocenters. The van der Waals surface area contributed by atoms with E-state index >= 15 is 0 Å². The Balaban J connectivity index is 1.61. The van der Waals surface area contributed by atoms with Gasteiger partial charge in [0.1, 0.15) is 5.78 Å². The summed E-state index contributed by atoms with van der Waals surface area (Å²) in [6.45, 7) is 14.3. The molecule has 2 fully saturated rings. The molecule has 5 nitrogen and oxygen atoms in total. The molecule has 2 aliphatic heterocycles. The first kappa shape index (κ1) is 21.4. The Hall–Kier alpha value is -0.940. The van der Waals surface area contributed by atoms with Crippen molar-refractivity contribution >= 4 is 11.7 Å². The van der Waals surface area contributed by atoms with Gasteiger partial charge in [-0.3, -0.25) is 14.5 Å². The van der Waals surface area contributed by atoms with Crippen LogP contribution in [0.25, 0.3) is 0 Å². The maximum absolute atomic E-state index is 12.3. The van der Waals surface area contributed by atoms with E-state index in [4.69, 9.17) is 0 Å². The molecule has 0 spiro atoms. The minimum absolute atomic E-state index is 0.245. The number of carbonyl (C=O) groups is 2. The van der Waals surface area contributed by atoms with Gasteiger partial charge in [0.15, 0.2) is 0 Å². The van der Waals surface area contributed by atoms with Crippen LogP contribution in [-0.2, 0) is 9.59 Å². The van der Waals surface area contributed by atoms with Gasteiger partial charge in [-0.15, -0.1) is 0 Å². The molecule has 0 N–H and O–H groups in total. The van der Waals surface area contributed by atoms with Gasteiger partial charge in [-0.05, 0) is 38.5 Å². The summed E-state index contributed by atoms with van der Waals surface area (Å²) in [5.41, 5.74) is 0. The summed E-state index contributed by atoms with van der Waals surface area (Å²) in [5, 5.41) is 0. The van der Waals surface area contributed by atoms with Crippen LogP contribution in [0.15, 0.2) is 0 Å². The fourth-order valence-electron chi connectivity index (χ4n) is 4.15. The fraction of sp³-hybridized carbons (Fsp3) is 0.905. The predicted molar refractivity (Wildman–Crippen MR) is 106 cm³/mol. The molecule has 0 radical (unpaired) electrons. The SMILES string of the molecule is CCC(=O)CCCC(=O)N1CCC(CN2CCN(C(C)CC)CC2)CC1. The number of hydrogen-bond acceptors (Lipinski definition) is 4. The Labute approximate surface area is 160 Å². The number of likely N-dealkylation sites (tertiary alicyclic amines) is 1. The lowest BCUT2D eigenvalue weighted by Crippen LogP contribution is -2.51. The number of amides is 1. The van der Waals surface area contributed by atoms with E-state index in [1.165, 1.54) is 39.1 Å². The van der Waals surface area contributed by atoms with Crippen LogP contribution in [0.4, 0.5) is 0 Å². The zero-order valence-corrected chi connectivity index (χ0v) is 17.2. The van der Waals surface area contributed by atoms with Crippen molar-refractivity contribution in [3.8, 4) is 0 Å². The van der Waals surface area contributed by atoms with Crippen molar-refractivity contribution in [2.75, 3.05) is 45.8 Å². The second-order valence-electron chi connectivity index (χ2n) is 8.16. The van der Waals surface area contributed by atoms with Crippen molar-refractivity contribution in [2.45, 2.75) is 71.8 Å². The van der Waals surface area contributed by atoms with Gasteiger partial charge in [-0.1, -0.05) is 13.8 Å². The Bertz CT molecular complexity index is 439. The molecule has 0 bridgehead atoms. The van der Waals surface area contributed by atoms with Gasteiger partial charge in [0.05, 0.1) is 0 Å². The second kappa shape index (κ2) is 11.0. The summed E-state index contributed by atoms with van der Waals surface area (Å²) in [7, 11) is 0. The first-order chi connectivity index (χ1) is 12.5. The van der Waals surface area contributed by atoms with E-state index in [-0.39, 0.29) is 11.7 Å². The van der Waals surface area contributed by atoms with E-state index in [2.05, 4.69) is 23.6 Å². The minimum Gasteiger partial charge on any atom is -0.343 e. The zero-order chi connectivity index (χ0) is 18.9. The van der Waals surface area contributed by atoms with Crippen molar-refractivity contribution in [2.24, 2.45) is 5.92 Å². The van der Waals surface area contributed by atoms with Crippen molar-refractivity contribution in [3.05, 3.63) is 0 Å². The predicted octanol–water partition coefficient (Wildman–Crippen LogP) is 2.79. The summed E-state index contributed by atoms with van der Waals surface area (Å²) in [5.74, 6) is 1.25. The van der Waals surface area contributed by atoms with Crippen LogP contribution in [0.5, 0.6) is 0 Å². The molecule has 0 aromatic carbocycles. The van der Waals surface area contributed by atoms with Crippen molar-refractivity contribution in [3.63, 3.8) is 0 Å². The third kappa shape index (κ3) is 6.66. The standard InChI is InChI=1S/C21H39N3O2/c1-4-18(3)23-15-13-22(14-16-23)17-19-9-11-24(12-10-19)21(26)8-6-7-20(25)5-2/h18-19H,4-17H2,1-3H3. The topological polar surface area (TPSA) is 43.9 Å². The number of piperidine rings is 1. The summed E-state index contributed by atoms with van der Waals surface area (Å²) in [4.78, 5) is 30.9. The average Bonchev–Trinajstić information content (AvgIpc) is 2.68. The number of carbonyl (C=O) groups excluding carboxylic acids is 2. The van der Waals surface area contributed by atoms with Gasteiger partial charge in [-0.2, -0.15) is 0 Å². The highest BCUT2D eigenvalue weighted by atomic mass is 16.2. The molecule has 2 heterocycles. The van der Waals surface area contributed by atoms with Gasteiger partial charge >= 0.3 is 0 Å². The first-order valence-corrected chi connectivity index (χ1v) is 10.8. The summed E-state index contributed by atoms with van der Waals surface area (Å²) in [6.07, 6.45) is 5.89. The van der Waals surface area contributed by atoms with E-state index in [1.807, 2.05) is 11.8 Å². The molecule has 0 aromatic rings. The van der Waals surface area contributed by atoms with Crippen molar-refractivity contribution in [1.29, 1.82) is 0 Å². The molecule has 2 aliphatic rings. The summed E-state index contributed by atoms with van der Waals surface area (Å²) >= 11 is 0. The Morgan fingerprint density at radius 1 is 0.962 bits per heavy atom. The Morgan fingerprint density at radius 3 is 2.19 bits per heavy atom. The highest BCUT2D eigenvalue weighted by molar-refractivity contribution is 5.80. The molecule has 26 heavy (non-hydrogen) atoms. The monoisotopic (exact) mass is 365 g/mol. The lowest BCUT2D eigenvalue weighted by molar-refractivity contribution is -0.132. The molecule has 2 rings (SSSR count). The van der Waals surface area contributed by atoms with Crippen LogP contribution in [0.1, 0.15) is 65.7 Å². The third-order valence-electron chi connectivity index (χ3n) is 6.35. The number of Topliss-reactive ketones (excluding diaryl/α,β-unsaturated/α-hetero) is 1. The van der Waals surface area contributed by atoms with E-state index in [0.717, 1.165) is 31.8 Å². The fourth-order valence-corrected chi connectivity index (χ4v) is 4.15. The van der Waals surface area contributed by atoms with E-state index in [9.17, 15) is 9.59 Å². The highest BCUT2D eigenvalue weighted by Gasteiger charge is 2.26. The molecule has 1 unspecified atom stereocenters. The smallest absolute Gasteiger partial charge is 0.222 e. The number of hydrogen-bond donors (Lipinski definition) is 0. The van der Waals surface area contributed by atoms with Gasteiger partial charge in [0.25, 0.3) is 0 Å². The van der Waals surface area contributed by atoms with Crippen LogP contribution in [-0.4, -0.2) is 78.2 Å². The first-order valence-electron chi connectivity index (χ1n) is 10.8. The summed E-state index contributed by atoms with van der Waals surface area (Å²) in [6, 6.07) is 0.707. The molecule has 2 saturated heterocycles. The number of rotatable bonds is 9. The second-order valence-corrected chi connectivity index (χ2v) is 8.16. The number of ketones is 1. The molecule has 0 aromatic heterocycles. The normalized spacial score (nSPS) is 21.7. The molecular weight excluding hydrogens is 326 g/mol. The van der Waals surface area contributed by atoms with Gasteiger partial charge in [0.2, 0.25) is 5.91 Å². The van der Waals surface area contributed by atoms with Crippen LogP contribution < -0.4 is 0 Å². The van der Waals surface area contributed by atoms with Crippen LogP contribution in [0, 0.1) is 5.92 Å². The highest BCUT2D eigenvalue weighted by Crippen LogP contribution is 2.20.